The van der Waals surface area contributed by atoms with Crippen LogP contribution in [0.4, 0.5) is 0 Å². The van der Waals surface area contributed by atoms with Crippen molar-refractivity contribution in [2.75, 3.05) is 13.7 Å². The molecule has 3 nitrogen and oxygen atoms in total. The summed E-state index contributed by atoms with van der Waals surface area (Å²) < 4.78 is 5.23. The highest BCUT2D eigenvalue weighted by atomic mass is 16.5. The van der Waals surface area contributed by atoms with Crippen LogP contribution in [0.25, 0.3) is 0 Å². The average molecular weight is 197 g/mol. The number of allylic oxidation sites excluding steroid dienone is 2. The van der Waals surface area contributed by atoms with Crippen molar-refractivity contribution in [1.29, 1.82) is 0 Å². The zero-order valence-corrected chi connectivity index (χ0v) is 9.07. The van der Waals surface area contributed by atoms with E-state index >= 15 is 0 Å². The van der Waals surface area contributed by atoms with Crippen molar-refractivity contribution < 1.29 is 9.53 Å². The van der Waals surface area contributed by atoms with Crippen LogP contribution in [0.15, 0.2) is 23.8 Å². The van der Waals surface area contributed by atoms with Crippen LogP contribution in [0.1, 0.15) is 13.8 Å². The molecule has 0 unspecified atom stereocenters. The van der Waals surface area contributed by atoms with E-state index in [-0.39, 0.29) is 12.0 Å². The molecule has 0 saturated heterocycles. The van der Waals surface area contributed by atoms with Crippen molar-refractivity contribution in [3.63, 3.8) is 0 Å². The second-order valence-electron chi connectivity index (χ2n) is 3.23. The third kappa shape index (κ3) is 4.35. The van der Waals surface area contributed by atoms with Gasteiger partial charge >= 0.3 is 0 Å². The minimum Gasteiger partial charge on any atom is -0.376 e. The lowest BCUT2D eigenvalue weighted by molar-refractivity contribution is -0.113. The van der Waals surface area contributed by atoms with Crippen molar-refractivity contribution in [3.05, 3.63) is 23.8 Å². The van der Waals surface area contributed by atoms with Crippen LogP contribution in [-0.2, 0) is 9.53 Å². The second kappa shape index (κ2) is 7.47. The quantitative estimate of drug-likeness (QED) is 0.516. The van der Waals surface area contributed by atoms with Gasteiger partial charge in [0.1, 0.15) is 6.29 Å². The van der Waals surface area contributed by atoms with E-state index in [9.17, 15) is 4.79 Å². The van der Waals surface area contributed by atoms with Gasteiger partial charge in [-0.3, -0.25) is 0 Å². The number of carbonyl (C=O) groups is 1. The lowest BCUT2D eigenvalue weighted by Crippen LogP contribution is -2.22. The SMILES string of the molecule is CO[C@H](/C(C)=C/C=C/CN)[C@@H](C)C=O. The highest BCUT2D eigenvalue weighted by molar-refractivity contribution is 5.55. The fourth-order valence-electron chi connectivity index (χ4n) is 1.28. The standard InChI is InChI=1S/C11H19NO2/c1-9(6-4-5-7-12)11(14-3)10(2)8-13/h4-6,8,10-11H,7,12H2,1-3H3/b5-4+,9-6+/t10-,11+/m0/s1. The van der Waals surface area contributed by atoms with E-state index in [1.54, 1.807) is 7.11 Å². The van der Waals surface area contributed by atoms with Gasteiger partial charge in [-0.1, -0.05) is 25.2 Å². The smallest absolute Gasteiger partial charge is 0.125 e. The fourth-order valence-corrected chi connectivity index (χ4v) is 1.28. The van der Waals surface area contributed by atoms with Crippen LogP contribution in [0.5, 0.6) is 0 Å². The van der Waals surface area contributed by atoms with E-state index in [4.69, 9.17) is 10.5 Å². The Balaban J connectivity index is 4.43. The molecule has 0 aromatic rings. The van der Waals surface area contributed by atoms with E-state index in [0.29, 0.717) is 6.54 Å². The normalized spacial score (nSPS) is 17.0. The second-order valence-corrected chi connectivity index (χ2v) is 3.23. The zero-order valence-electron chi connectivity index (χ0n) is 9.07. The van der Waals surface area contributed by atoms with Crippen molar-refractivity contribution in [3.8, 4) is 0 Å². The van der Waals surface area contributed by atoms with Gasteiger partial charge in [0, 0.05) is 19.6 Å². The number of nitrogens with two attached hydrogens (primary N) is 1. The molecule has 0 fully saturated rings. The molecular weight excluding hydrogens is 178 g/mol. The van der Waals surface area contributed by atoms with Crippen molar-refractivity contribution >= 4 is 6.29 Å². The van der Waals surface area contributed by atoms with Crippen LogP contribution in [0.2, 0.25) is 0 Å². The minimum atomic E-state index is -0.144. The first-order chi connectivity index (χ1) is 6.67. The first-order valence-electron chi connectivity index (χ1n) is 4.68. The number of ether oxygens (including phenoxy) is 1. The largest absolute Gasteiger partial charge is 0.376 e. The van der Waals surface area contributed by atoms with E-state index in [1.165, 1.54) is 0 Å². The molecule has 2 N–H and O–H groups in total. The van der Waals surface area contributed by atoms with E-state index in [2.05, 4.69) is 0 Å². The molecule has 0 radical (unpaired) electrons. The zero-order chi connectivity index (χ0) is 11.0. The summed E-state index contributed by atoms with van der Waals surface area (Å²) in [4.78, 5) is 10.6. The Kier molecular flexibility index (Phi) is 6.98. The average Bonchev–Trinajstić information content (AvgIpc) is 2.19. The first-order valence-corrected chi connectivity index (χ1v) is 4.68. The van der Waals surface area contributed by atoms with Gasteiger partial charge in [0.25, 0.3) is 0 Å². The van der Waals surface area contributed by atoms with Crippen molar-refractivity contribution in [1.82, 2.24) is 0 Å². The lowest BCUT2D eigenvalue weighted by atomic mass is 9.99. The number of hydrogen-bond donors (Lipinski definition) is 1. The molecule has 0 aliphatic carbocycles. The Morgan fingerprint density at radius 1 is 1.57 bits per heavy atom. The van der Waals surface area contributed by atoms with Crippen LogP contribution >= 0.6 is 0 Å². The Morgan fingerprint density at radius 3 is 2.64 bits per heavy atom. The molecule has 0 heterocycles. The van der Waals surface area contributed by atoms with E-state index < -0.39 is 0 Å². The monoisotopic (exact) mass is 197 g/mol. The summed E-state index contributed by atoms with van der Waals surface area (Å²) >= 11 is 0. The maximum Gasteiger partial charge on any atom is 0.125 e. The van der Waals surface area contributed by atoms with Gasteiger partial charge in [-0.15, -0.1) is 0 Å². The number of aldehydes is 1. The molecule has 0 amide bonds. The Labute approximate surface area is 85.6 Å². The highest BCUT2D eigenvalue weighted by Crippen LogP contribution is 2.13. The van der Waals surface area contributed by atoms with Crippen LogP contribution in [0, 0.1) is 5.92 Å². The Bertz CT molecular complexity index is 221. The predicted octanol–water partition coefficient (Wildman–Crippen LogP) is 1.30. The molecule has 0 aromatic heterocycles. The van der Waals surface area contributed by atoms with Gasteiger partial charge in [0.2, 0.25) is 0 Å². The van der Waals surface area contributed by atoms with Crippen molar-refractivity contribution in [2.24, 2.45) is 11.7 Å². The number of hydrogen-bond acceptors (Lipinski definition) is 3. The number of carbonyl (C=O) groups excluding carboxylic acids is 1. The third-order valence-electron chi connectivity index (χ3n) is 2.03. The Hall–Kier alpha value is -0.930. The molecule has 80 valence electrons. The molecule has 0 aromatic carbocycles. The van der Waals surface area contributed by atoms with Gasteiger partial charge in [-0.25, -0.2) is 0 Å². The molecule has 0 aliphatic rings. The van der Waals surface area contributed by atoms with E-state index in [1.807, 2.05) is 32.1 Å². The highest BCUT2D eigenvalue weighted by Gasteiger charge is 2.16. The summed E-state index contributed by atoms with van der Waals surface area (Å²) in [5.41, 5.74) is 6.33. The fraction of sp³-hybridized carbons (Fsp3) is 0.545. The molecule has 2 atom stereocenters. The molecule has 0 bridgehead atoms. The van der Waals surface area contributed by atoms with Crippen molar-refractivity contribution in [2.45, 2.75) is 20.0 Å². The third-order valence-corrected chi connectivity index (χ3v) is 2.03. The van der Waals surface area contributed by atoms with Gasteiger partial charge in [-0.05, 0) is 12.5 Å². The van der Waals surface area contributed by atoms with Crippen LogP contribution in [0.3, 0.4) is 0 Å². The summed E-state index contributed by atoms with van der Waals surface area (Å²) in [6.45, 7) is 4.30. The topological polar surface area (TPSA) is 52.3 Å². The summed E-state index contributed by atoms with van der Waals surface area (Å²) in [6.07, 6.45) is 6.40. The summed E-state index contributed by atoms with van der Waals surface area (Å²) in [6, 6.07) is 0. The molecule has 0 spiro atoms. The van der Waals surface area contributed by atoms with Gasteiger partial charge in [0.05, 0.1) is 6.10 Å². The maximum atomic E-state index is 10.6. The molecule has 14 heavy (non-hydrogen) atoms. The minimum absolute atomic E-state index is 0.123. The predicted molar refractivity (Wildman–Crippen MR) is 58.0 cm³/mol. The summed E-state index contributed by atoms with van der Waals surface area (Å²) in [5, 5.41) is 0. The molecule has 0 saturated carbocycles. The van der Waals surface area contributed by atoms with Crippen LogP contribution in [-0.4, -0.2) is 26.0 Å². The molecule has 3 heteroatoms. The Morgan fingerprint density at radius 2 is 2.21 bits per heavy atom. The summed E-state index contributed by atoms with van der Waals surface area (Å²) in [5.74, 6) is -0.123. The number of methoxy groups -OCH3 is 1. The molecule has 0 aliphatic heterocycles. The van der Waals surface area contributed by atoms with E-state index in [0.717, 1.165) is 11.9 Å². The maximum absolute atomic E-state index is 10.6. The number of rotatable bonds is 6. The van der Waals surface area contributed by atoms with Gasteiger partial charge in [0.15, 0.2) is 0 Å². The van der Waals surface area contributed by atoms with Crippen LogP contribution < -0.4 is 5.73 Å². The molecular formula is C11H19NO2. The first kappa shape index (κ1) is 13.1. The summed E-state index contributed by atoms with van der Waals surface area (Å²) in [7, 11) is 1.61. The van der Waals surface area contributed by atoms with Gasteiger partial charge < -0.3 is 15.3 Å². The lowest BCUT2D eigenvalue weighted by Gasteiger charge is -2.18. The molecule has 0 rings (SSSR count). The van der Waals surface area contributed by atoms with Gasteiger partial charge in [-0.2, -0.15) is 0 Å².